The van der Waals surface area contributed by atoms with Gasteiger partial charge in [-0.1, -0.05) is 25.9 Å². The second-order valence-corrected chi connectivity index (χ2v) is 7.56. The van der Waals surface area contributed by atoms with E-state index in [9.17, 15) is 4.79 Å². The van der Waals surface area contributed by atoms with Crippen LogP contribution in [-0.2, 0) is 22.5 Å². The molecule has 6 heteroatoms. The molecule has 0 amide bonds. The van der Waals surface area contributed by atoms with Crippen LogP contribution in [0.1, 0.15) is 65.1 Å². The van der Waals surface area contributed by atoms with E-state index in [2.05, 4.69) is 35.8 Å². The molecule has 2 aliphatic heterocycles. The average Bonchev–Trinajstić information content (AvgIpc) is 3.22. The molecule has 3 heterocycles. The summed E-state index contributed by atoms with van der Waals surface area (Å²) in [7, 11) is 0. The first-order chi connectivity index (χ1) is 11.5. The van der Waals surface area contributed by atoms with E-state index in [1.54, 1.807) is 0 Å². The normalized spacial score (nSPS) is 29.5. The Labute approximate surface area is 143 Å². The van der Waals surface area contributed by atoms with Crippen LogP contribution in [0.25, 0.3) is 0 Å². The number of nitrogens with zero attached hydrogens (tertiary/aromatic N) is 3. The lowest BCUT2D eigenvalue weighted by Crippen LogP contribution is -2.44. The molecular weight excluding hydrogens is 306 g/mol. The fraction of sp³-hybridized carbons (Fsp3) is 0.833. The summed E-state index contributed by atoms with van der Waals surface area (Å²) < 4.78 is 10.8. The highest BCUT2D eigenvalue weighted by Gasteiger charge is 2.59. The smallest absolute Gasteiger partial charge is 0.313 e. The van der Waals surface area contributed by atoms with Crippen LogP contribution >= 0.6 is 0 Å². The van der Waals surface area contributed by atoms with Gasteiger partial charge in [0.25, 0.3) is 0 Å². The van der Waals surface area contributed by atoms with Gasteiger partial charge in [-0.3, -0.25) is 9.69 Å². The second kappa shape index (κ2) is 6.82. The molecule has 0 aromatic carbocycles. The minimum Gasteiger partial charge on any atom is -0.466 e. The maximum Gasteiger partial charge on any atom is 0.313 e. The van der Waals surface area contributed by atoms with Gasteiger partial charge in [-0.15, -0.1) is 0 Å². The van der Waals surface area contributed by atoms with Gasteiger partial charge in [0.05, 0.1) is 18.6 Å². The lowest BCUT2D eigenvalue weighted by molar-refractivity contribution is -0.157. The maximum absolute atomic E-state index is 12.6. The van der Waals surface area contributed by atoms with Crippen molar-refractivity contribution in [1.29, 1.82) is 0 Å². The minimum atomic E-state index is -0.358. The van der Waals surface area contributed by atoms with Gasteiger partial charge in [-0.05, 0) is 38.5 Å². The molecule has 0 aliphatic carbocycles. The van der Waals surface area contributed by atoms with E-state index in [1.807, 2.05) is 6.92 Å². The van der Waals surface area contributed by atoms with E-state index >= 15 is 0 Å². The van der Waals surface area contributed by atoms with Gasteiger partial charge in [-0.2, -0.15) is 4.98 Å². The Kier molecular flexibility index (Phi) is 4.95. The van der Waals surface area contributed by atoms with Crippen LogP contribution in [0, 0.1) is 11.3 Å². The van der Waals surface area contributed by atoms with Crippen molar-refractivity contribution in [3.05, 3.63) is 11.7 Å². The van der Waals surface area contributed by atoms with E-state index in [4.69, 9.17) is 9.26 Å². The molecule has 2 fully saturated rings. The van der Waals surface area contributed by atoms with Crippen LogP contribution in [0.3, 0.4) is 0 Å². The number of esters is 1. The summed E-state index contributed by atoms with van der Waals surface area (Å²) in [5.74, 6) is 1.91. The Balaban J connectivity index is 1.73. The van der Waals surface area contributed by atoms with Crippen molar-refractivity contribution in [2.75, 3.05) is 6.61 Å². The molecule has 24 heavy (non-hydrogen) atoms. The Hall–Kier alpha value is -1.43. The summed E-state index contributed by atoms with van der Waals surface area (Å²) in [4.78, 5) is 19.5. The molecule has 0 N–H and O–H groups in total. The number of carbonyl (C=O) groups excluding carboxylic acids is 1. The molecule has 0 spiro atoms. The van der Waals surface area contributed by atoms with E-state index in [-0.39, 0.29) is 17.4 Å². The van der Waals surface area contributed by atoms with E-state index in [0.717, 1.165) is 37.9 Å². The van der Waals surface area contributed by atoms with Crippen LogP contribution < -0.4 is 0 Å². The van der Waals surface area contributed by atoms with Crippen LogP contribution in [0.2, 0.25) is 0 Å². The standard InChI is InChI=1S/C18H29N3O3/c1-5-18(17(22)23-6-2)10-13-7-8-14(18)21(13)11-15-19-16(24-20-15)9-12(3)4/h12-14H,5-11H2,1-4H3/t13-,14+,18+/m1/s1. The van der Waals surface area contributed by atoms with Gasteiger partial charge < -0.3 is 9.26 Å². The lowest BCUT2D eigenvalue weighted by Gasteiger charge is -2.34. The van der Waals surface area contributed by atoms with Gasteiger partial charge in [-0.25, -0.2) is 0 Å². The summed E-state index contributed by atoms with van der Waals surface area (Å²) in [6, 6.07) is 0.657. The third-order valence-electron chi connectivity index (χ3n) is 5.61. The predicted molar refractivity (Wildman–Crippen MR) is 89.2 cm³/mol. The van der Waals surface area contributed by atoms with E-state index in [1.165, 1.54) is 0 Å². The summed E-state index contributed by atoms with van der Waals surface area (Å²) in [5, 5.41) is 4.14. The van der Waals surface area contributed by atoms with Crippen molar-refractivity contribution in [1.82, 2.24) is 15.0 Å². The fourth-order valence-corrected chi connectivity index (χ4v) is 4.51. The van der Waals surface area contributed by atoms with Gasteiger partial charge in [0.15, 0.2) is 5.82 Å². The SMILES string of the molecule is CCOC(=O)[C@@]1(CC)C[C@H]2CC[C@@H]1N2Cc1noc(CC(C)C)n1. The number of fused-ring (bicyclic) bond motifs is 2. The zero-order valence-electron chi connectivity index (χ0n) is 15.2. The van der Waals surface area contributed by atoms with Crippen molar-refractivity contribution in [3.63, 3.8) is 0 Å². The summed E-state index contributed by atoms with van der Waals surface area (Å²) >= 11 is 0. The van der Waals surface area contributed by atoms with Crippen LogP contribution in [0.4, 0.5) is 0 Å². The van der Waals surface area contributed by atoms with Gasteiger partial charge in [0, 0.05) is 18.5 Å². The summed E-state index contributed by atoms with van der Waals surface area (Å²) in [6.45, 7) is 9.37. The Bertz CT molecular complexity index is 586. The topological polar surface area (TPSA) is 68.5 Å². The number of carbonyl (C=O) groups is 1. The molecule has 3 atom stereocenters. The van der Waals surface area contributed by atoms with Crippen molar-refractivity contribution < 1.29 is 14.1 Å². The molecule has 0 unspecified atom stereocenters. The quantitative estimate of drug-likeness (QED) is 0.714. The van der Waals surface area contributed by atoms with Gasteiger partial charge in [0.2, 0.25) is 5.89 Å². The maximum atomic E-state index is 12.6. The Morgan fingerprint density at radius 2 is 2.21 bits per heavy atom. The van der Waals surface area contributed by atoms with Crippen LogP contribution in [-0.4, -0.2) is 39.7 Å². The number of hydrogen-bond donors (Lipinski definition) is 0. The van der Waals surface area contributed by atoms with Crippen LogP contribution in [0.5, 0.6) is 0 Å². The predicted octanol–water partition coefficient (Wildman–Crippen LogP) is 2.96. The number of hydrogen-bond acceptors (Lipinski definition) is 6. The lowest BCUT2D eigenvalue weighted by atomic mass is 9.72. The van der Waals surface area contributed by atoms with E-state index in [0.29, 0.717) is 31.0 Å². The molecule has 3 rings (SSSR count). The number of rotatable bonds is 7. The Morgan fingerprint density at radius 1 is 1.42 bits per heavy atom. The Morgan fingerprint density at radius 3 is 2.88 bits per heavy atom. The van der Waals surface area contributed by atoms with Gasteiger partial charge in [0.1, 0.15) is 0 Å². The number of aromatic nitrogens is 2. The molecular formula is C18H29N3O3. The molecule has 2 saturated heterocycles. The van der Waals surface area contributed by atoms with Gasteiger partial charge >= 0.3 is 5.97 Å². The second-order valence-electron chi connectivity index (χ2n) is 7.56. The first kappa shape index (κ1) is 17.4. The zero-order valence-corrected chi connectivity index (χ0v) is 15.2. The molecule has 2 aliphatic rings. The highest BCUT2D eigenvalue weighted by Crippen LogP contribution is 2.52. The molecule has 1 aromatic rings. The molecule has 2 bridgehead atoms. The monoisotopic (exact) mass is 335 g/mol. The number of ether oxygens (including phenoxy) is 1. The van der Waals surface area contributed by atoms with E-state index < -0.39 is 0 Å². The highest BCUT2D eigenvalue weighted by molar-refractivity contribution is 5.78. The molecule has 134 valence electrons. The first-order valence-electron chi connectivity index (χ1n) is 9.24. The largest absolute Gasteiger partial charge is 0.466 e. The van der Waals surface area contributed by atoms with Crippen molar-refractivity contribution in [2.24, 2.45) is 11.3 Å². The van der Waals surface area contributed by atoms with Crippen molar-refractivity contribution in [3.8, 4) is 0 Å². The summed E-state index contributed by atoms with van der Waals surface area (Å²) in [6.07, 6.45) is 4.72. The molecule has 6 nitrogen and oxygen atoms in total. The summed E-state index contributed by atoms with van der Waals surface area (Å²) in [5.41, 5.74) is -0.358. The van der Waals surface area contributed by atoms with Crippen molar-refractivity contribution in [2.45, 2.75) is 78.4 Å². The third kappa shape index (κ3) is 2.96. The third-order valence-corrected chi connectivity index (χ3v) is 5.61. The molecule has 0 saturated carbocycles. The highest BCUT2D eigenvalue weighted by atomic mass is 16.5. The fourth-order valence-electron chi connectivity index (χ4n) is 4.51. The molecule has 0 radical (unpaired) electrons. The zero-order chi connectivity index (χ0) is 17.3. The van der Waals surface area contributed by atoms with Crippen molar-refractivity contribution >= 4 is 5.97 Å². The molecule has 1 aromatic heterocycles. The first-order valence-corrected chi connectivity index (χ1v) is 9.24. The van der Waals surface area contributed by atoms with Crippen LogP contribution in [0.15, 0.2) is 4.52 Å². The minimum absolute atomic E-state index is 0.0293. The average molecular weight is 335 g/mol.